The first kappa shape index (κ1) is 17.9. The van der Waals surface area contributed by atoms with E-state index in [1.807, 2.05) is 30.3 Å². The summed E-state index contributed by atoms with van der Waals surface area (Å²) in [5.41, 5.74) is 6.50. The fourth-order valence-corrected chi connectivity index (χ4v) is 1.86. The van der Waals surface area contributed by atoms with Crippen molar-refractivity contribution in [3.63, 3.8) is 0 Å². The minimum atomic E-state index is 0. The van der Waals surface area contributed by atoms with Gasteiger partial charge in [-0.3, -0.25) is 4.79 Å². The first-order valence-corrected chi connectivity index (χ1v) is 6.40. The normalized spacial score (nSPS) is 11.5. The molecule has 1 aromatic carbocycles. The zero-order valence-corrected chi connectivity index (χ0v) is 11.9. The molecule has 1 aromatic rings. The molecule has 0 spiro atoms. The number of nitrogens with two attached hydrogens (primary N) is 1. The average Bonchev–Trinajstić information content (AvgIpc) is 2.42. The van der Waals surface area contributed by atoms with E-state index in [-0.39, 0.29) is 30.8 Å². The van der Waals surface area contributed by atoms with Crippen LogP contribution in [0.25, 0.3) is 0 Å². The first-order valence-electron chi connectivity index (χ1n) is 6.40. The molecule has 108 valence electrons. The summed E-state index contributed by atoms with van der Waals surface area (Å²) in [6.45, 7) is 1.22. The molecular formula is C14H23ClN2O2. The van der Waals surface area contributed by atoms with Gasteiger partial charge in [0.1, 0.15) is 0 Å². The molecule has 0 saturated heterocycles. The Morgan fingerprint density at radius 2 is 2.00 bits per heavy atom. The third-order valence-electron chi connectivity index (χ3n) is 2.90. The molecule has 1 rings (SSSR count). The number of benzene rings is 1. The highest BCUT2D eigenvalue weighted by Crippen LogP contribution is 2.18. The van der Waals surface area contributed by atoms with Gasteiger partial charge in [-0.1, -0.05) is 30.3 Å². The summed E-state index contributed by atoms with van der Waals surface area (Å²) in [4.78, 5) is 11.5. The van der Waals surface area contributed by atoms with Gasteiger partial charge in [-0.05, 0) is 24.9 Å². The van der Waals surface area contributed by atoms with Gasteiger partial charge in [-0.15, -0.1) is 12.4 Å². The number of hydrogen-bond acceptors (Lipinski definition) is 3. The van der Waals surface area contributed by atoms with E-state index in [9.17, 15) is 4.79 Å². The largest absolute Gasteiger partial charge is 0.396 e. The van der Waals surface area contributed by atoms with Gasteiger partial charge in [-0.2, -0.15) is 0 Å². The van der Waals surface area contributed by atoms with Crippen molar-refractivity contribution in [3.8, 4) is 0 Å². The molecule has 0 aliphatic heterocycles. The molecule has 1 amide bonds. The van der Waals surface area contributed by atoms with Crippen LogP contribution in [0.15, 0.2) is 30.3 Å². The fraction of sp³-hybridized carbons (Fsp3) is 0.500. The molecule has 4 nitrogen and oxygen atoms in total. The summed E-state index contributed by atoms with van der Waals surface area (Å²) in [7, 11) is 0. The monoisotopic (exact) mass is 286 g/mol. The highest BCUT2D eigenvalue weighted by Gasteiger charge is 2.11. The Morgan fingerprint density at radius 1 is 1.32 bits per heavy atom. The molecule has 0 heterocycles. The van der Waals surface area contributed by atoms with Gasteiger partial charge in [0.25, 0.3) is 0 Å². The third-order valence-corrected chi connectivity index (χ3v) is 2.90. The van der Waals surface area contributed by atoms with Crippen LogP contribution in [0.5, 0.6) is 0 Å². The van der Waals surface area contributed by atoms with Gasteiger partial charge < -0.3 is 16.2 Å². The minimum Gasteiger partial charge on any atom is -0.396 e. The number of aliphatic hydroxyl groups is 1. The number of halogens is 1. The average molecular weight is 287 g/mol. The predicted octanol–water partition coefficient (Wildman–Crippen LogP) is 1.43. The zero-order valence-electron chi connectivity index (χ0n) is 11.0. The van der Waals surface area contributed by atoms with E-state index in [0.29, 0.717) is 32.4 Å². The number of aliphatic hydroxyl groups excluding tert-OH is 1. The fourth-order valence-electron chi connectivity index (χ4n) is 1.86. The molecule has 0 fully saturated rings. The SMILES string of the molecule is Cl.NCCCC(=O)NCC(CCO)c1ccccc1. The smallest absolute Gasteiger partial charge is 0.220 e. The maximum atomic E-state index is 11.5. The standard InChI is InChI=1S/C14H22N2O2.ClH/c15-9-4-7-14(18)16-11-13(8-10-17)12-5-2-1-3-6-12;/h1-3,5-6,13,17H,4,7-11,15H2,(H,16,18);1H. The summed E-state index contributed by atoms with van der Waals surface area (Å²) in [6, 6.07) is 9.93. The molecule has 0 aliphatic rings. The van der Waals surface area contributed by atoms with Gasteiger partial charge in [0.15, 0.2) is 0 Å². The Balaban J connectivity index is 0.00000324. The van der Waals surface area contributed by atoms with Crippen LogP contribution in [-0.4, -0.2) is 30.7 Å². The molecule has 1 atom stereocenters. The van der Waals surface area contributed by atoms with Gasteiger partial charge in [0.05, 0.1) is 0 Å². The van der Waals surface area contributed by atoms with E-state index in [4.69, 9.17) is 10.8 Å². The van der Waals surface area contributed by atoms with Crippen molar-refractivity contribution < 1.29 is 9.90 Å². The van der Waals surface area contributed by atoms with Crippen molar-refractivity contribution in [1.82, 2.24) is 5.32 Å². The van der Waals surface area contributed by atoms with Crippen molar-refractivity contribution >= 4 is 18.3 Å². The molecule has 1 unspecified atom stereocenters. The lowest BCUT2D eigenvalue weighted by Gasteiger charge is -2.17. The maximum absolute atomic E-state index is 11.5. The number of carbonyl (C=O) groups is 1. The van der Waals surface area contributed by atoms with Crippen molar-refractivity contribution in [1.29, 1.82) is 0 Å². The summed E-state index contributed by atoms with van der Waals surface area (Å²) in [5.74, 6) is 0.192. The molecule has 0 bridgehead atoms. The molecule has 0 radical (unpaired) electrons. The Labute approximate surface area is 120 Å². The van der Waals surface area contributed by atoms with Crippen LogP contribution in [0, 0.1) is 0 Å². The molecule has 19 heavy (non-hydrogen) atoms. The molecule has 0 saturated carbocycles. The quantitative estimate of drug-likeness (QED) is 0.677. The van der Waals surface area contributed by atoms with Crippen LogP contribution < -0.4 is 11.1 Å². The lowest BCUT2D eigenvalue weighted by molar-refractivity contribution is -0.121. The number of rotatable bonds is 8. The molecular weight excluding hydrogens is 264 g/mol. The van der Waals surface area contributed by atoms with Crippen LogP contribution in [0.2, 0.25) is 0 Å². The summed E-state index contributed by atoms with van der Waals surface area (Å²) >= 11 is 0. The second-order valence-electron chi connectivity index (χ2n) is 4.32. The van der Waals surface area contributed by atoms with Crippen molar-refractivity contribution in [2.24, 2.45) is 5.73 Å². The maximum Gasteiger partial charge on any atom is 0.220 e. The van der Waals surface area contributed by atoms with E-state index in [0.717, 1.165) is 5.56 Å². The van der Waals surface area contributed by atoms with Crippen LogP contribution in [0.1, 0.15) is 30.7 Å². The Kier molecular flexibility index (Phi) is 10.2. The molecule has 4 N–H and O–H groups in total. The number of nitrogens with one attached hydrogen (secondary N) is 1. The molecule has 0 aliphatic carbocycles. The molecule has 0 aromatic heterocycles. The van der Waals surface area contributed by atoms with Crippen LogP contribution >= 0.6 is 12.4 Å². The zero-order chi connectivity index (χ0) is 13.2. The van der Waals surface area contributed by atoms with E-state index >= 15 is 0 Å². The van der Waals surface area contributed by atoms with Crippen molar-refractivity contribution in [2.75, 3.05) is 19.7 Å². The summed E-state index contributed by atoms with van der Waals surface area (Å²) < 4.78 is 0. The Morgan fingerprint density at radius 3 is 2.58 bits per heavy atom. The van der Waals surface area contributed by atoms with Gasteiger partial charge >= 0.3 is 0 Å². The second-order valence-corrected chi connectivity index (χ2v) is 4.32. The van der Waals surface area contributed by atoms with Crippen molar-refractivity contribution in [3.05, 3.63) is 35.9 Å². The third kappa shape index (κ3) is 7.15. The minimum absolute atomic E-state index is 0. The van der Waals surface area contributed by atoms with E-state index in [1.165, 1.54) is 0 Å². The predicted molar refractivity (Wildman–Crippen MR) is 79.4 cm³/mol. The second kappa shape index (κ2) is 10.8. The summed E-state index contributed by atoms with van der Waals surface area (Å²) in [6.07, 6.45) is 1.83. The van der Waals surface area contributed by atoms with E-state index < -0.39 is 0 Å². The van der Waals surface area contributed by atoms with Gasteiger partial charge in [0, 0.05) is 25.5 Å². The highest BCUT2D eigenvalue weighted by atomic mass is 35.5. The Bertz CT molecular complexity index is 347. The lowest BCUT2D eigenvalue weighted by Crippen LogP contribution is -2.29. The Hall–Kier alpha value is -1.10. The van der Waals surface area contributed by atoms with Crippen LogP contribution in [0.3, 0.4) is 0 Å². The number of amides is 1. The lowest BCUT2D eigenvalue weighted by atomic mass is 9.96. The molecule has 5 heteroatoms. The van der Waals surface area contributed by atoms with E-state index in [1.54, 1.807) is 0 Å². The van der Waals surface area contributed by atoms with Crippen LogP contribution in [-0.2, 0) is 4.79 Å². The topological polar surface area (TPSA) is 75.4 Å². The van der Waals surface area contributed by atoms with Gasteiger partial charge in [0.2, 0.25) is 5.91 Å². The van der Waals surface area contributed by atoms with Gasteiger partial charge in [-0.25, -0.2) is 0 Å². The highest BCUT2D eigenvalue weighted by molar-refractivity contribution is 5.85. The number of hydrogen-bond donors (Lipinski definition) is 3. The van der Waals surface area contributed by atoms with E-state index in [2.05, 4.69) is 5.32 Å². The number of carbonyl (C=O) groups excluding carboxylic acids is 1. The van der Waals surface area contributed by atoms with Crippen LogP contribution in [0.4, 0.5) is 0 Å². The van der Waals surface area contributed by atoms with Crippen molar-refractivity contribution in [2.45, 2.75) is 25.2 Å². The summed E-state index contributed by atoms with van der Waals surface area (Å²) in [5, 5.41) is 12.0. The first-order chi connectivity index (χ1) is 8.77.